The summed E-state index contributed by atoms with van der Waals surface area (Å²) in [5.74, 6) is 0. The van der Waals surface area contributed by atoms with Gasteiger partial charge in [-0.1, -0.05) is 81.0 Å². The minimum absolute atomic E-state index is 0.120. The summed E-state index contributed by atoms with van der Waals surface area (Å²) < 4.78 is 0. The molecule has 0 amide bonds. The van der Waals surface area contributed by atoms with Crippen LogP contribution in [0.3, 0.4) is 0 Å². The van der Waals surface area contributed by atoms with Crippen molar-refractivity contribution in [2.75, 3.05) is 0 Å². The zero-order valence-electron chi connectivity index (χ0n) is 13.8. The first-order valence-electron chi connectivity index (χ1n) is 7.26. The molecule has 0 N–H and O–H groups in total. The number of allylic oxidation sites excluding steroid dienone is 4. The highest BCUT2D eigenvalue weighted by Gasteiger charge is 2.36. The summed E-state index contributed by atoms with van der Waals surface area (Å²) in [6, 6.07) is 0. The molecule has 1 heteroatoms. The Morgan fingerprint density at radius 3 is 1.83 bits per heavy atom. The van der Waals surface area contributed by atoms with E-state index in [2.05, 4.69) is 73.6 Å². The van der Waals surface area contributed by atoms with Crippen molar-refractivity contribution in [3.05, 3.63) is 23.5 Å². The molecule has 0 aromatic carbocycles. The molecule has 0 nitrogen and oxygen atoms in total. The molecule has 106 valence electrons. The highest BCUT2D eigenvalue weighted by atomic mass is 31.1. The molecule has 0 atom stereocenters. The van der Waals surface area contributed by atoms with Crippen LogP contribution in [0, 0.1) is 0 Å². The molecule has 0 unspecified atom stereocenters. The smallest absolute Gasteiger partial charge is 0.0138 e. The standard InChI is InChI=1S/C17H33P/c1-9-11-13-15(14-12-10-2)18(16(3,4)5)17(6,7)8/h9,11,13H,10,12,14H2,1-8H3/b11-9-,15-13+. The molecular weight excluding hydrogens is 235 g/mol. The van der Waals surface area contributed by atoms with E-state index in [0.29, 0.717) is 10.3 Å². The Bertz CT molecular complexity index is 270. The Hall–Kier alpha value is -0.0900. The van der Waals surface area contributed by atoms with Crippen molar-refractivity contribution in [1.29, 1.82) is 0 Å². The van der Waals surface area contributed by atoms with Crippen LogP contribution >= 0.6 is 7.92 Å². The molecule has 0 saturated carbocycles. The van der Waals surface area contributed by atoms with Crippen LogP contribution in [0.15, 0.2) is 23.5 Å². The van der Waals surface area contributed by atoms with Gasteiger partial charge in [0, 0.05) is 0 Å². The van der Waals surface area contributed by atoms with Crippen LogP contribution in [0.2, 0.25) is 0 Å². The molecule has 0 aliphatic carbocycles. The lowest BCUT2D eigenvalue weighted by Gasteiger charge is -2.43. The average molecular weight is 268 g/mol. The second-order valence-corrected chi connectivity index (χ2v) is 10.9. The van der Waals surface area contributed by atoms with Crippen molar-refractivity contribution in [2.45, 2.75) is 85.0 Å². The van der Waals surface area contributed by atoms with E-state index in [-0.39, 0.29) is 7.92 Å². The largest absolute Gasteiger partial charge is 0.0876 e. The SMILES string of the molecule is C/C=C\C=C(/CCCC)P(C(C)(C)C)C(C)(C)C. The molecule has 0 aromatic heterocycles. The van der Waals surface area contributed by atoms with E-state index in [1.54, 1.807) is 5.31 Å². The van der Waals surface area contributed by atoms with E-state index >= 15 is 0 Å². The fourth-order valence-corrected chi connectivity index (χ4v) is 7.06. The lowest BCUT2D eigenvalue weighted by atomic mass is 10.2. The van der Waals surface area contributed by atoms with E-state index in [9.17, 15) is 0 Å². The summed E-state index contributed by atoms with van der Waals surface area (Å²) in [5.41, 5.74) is 0. The zero-order valence-corrected chi connectivity index (χ0v) is 14.7. The first kappa shape index (κ1) is 17.9. The maximum absolute atomic E-state index is 2.40. The molecule has 0 spiro atoms. The predicted octanol–water partition coefficient (Wildman–Crippen LogP) is 6.72. The summed E-state index contributed by atoms with van der Waals surface area (Å²) in [4.78, 5) is 0. The van der Waals surface area contributed by atoms with Crippen LogP contribution in [-0.4, -0.2) is 10.3 Å². The van der Waals surface area contributed by atoms with Gasteiger partial charge < -0.3 is 0 Å². The van der Waals surface area contributed by atoms with Crippen molar-refractivity contribution >= 4 is 7.92 Å². The van der Waals surface area contributed by atoms with E-state index < -0.39 is 0 Å². The number of hydrogen-bond acceptors (Lipinski definition) is 0. The zero-order chi connectivity index (χ0) is 14.4. The highest BCUT2D eigenvalue weighted by molar-refractivity contribution is 7.65. The van der Waals surface area contributed by atoms with Crippen LogP contribution in [0.25, 0.3) is 0 Å². The van der Waals surface area contributed by atoms with Gasteiger partial charge in [0.1, 0.15) is 0 Å². The molecule has 0 fully saturated rings. The molecule has 0 aromatic rings. The van der Waals surface area contributed by atoms with Crippen LogP contribution in [0.1, 0.15) is 74.7 Å². The second-order valence-electron chi connectivity index (χ2n) is 6.96. The van der Waals surface area contributed by atoms with E-state index in [1.807, 2.05) is 0 Å². The fourth-order valence-electron chi connectivity index (χ4n) is 2.70. The topological polar surface area (TPSA) is 0 Å². The Labute approximate surface area is 117 Å². The van der Waals surface area contributed by atoms with Crippen LogP contribution < -0.4 is 0 Å². The summed E-state index contributed by atoms with van der Waals surface area (Å²) >= 11 is 0. The van der Waals surface area contributed by atoms with Gasteiger partial charge in [0.15, 0.2) is 0 Å². The van der Waals surface area contributed by atoms with Gasteiger partial charge in [-0.05, 0) is 35.4 Å². The summed E-state index contributed by atoms with van der Waals surface area (Å²) in [7, 11) is -0.120. The molecular formula is C17H33P. The predicted molar refractivity (Wildman–Crippen MR) is 88.8 cm³/mol. The molecule has 0 rings (SSSR count). The maximum Gasteiger partial charge on any atom is -0.0138 e. The van der Waals surface area contributed by atoms with Crippen LogP contribution in [0.4, 0.5) is 0 Å². The highest BCUT2D eigenvalue weighted by Crippen LogP contribution is 2.65. The first-order chi connectivity index (χ1) is 8.14. The van der Waals surface area contributed by atoms with Gasteiger partial charge in [-0.25, -0.2) is 0 Å². The number of unbranched alkanes of at least 4 members (excludes halogenated alkanes) is 1. The quantitative estimate of drug-likeness (QED) is 0.383. The Morgan fingerprint density at radius 1 is 1.00 bits per heavy atom. The van der Waals surface area contributed by atoms with E-state index in [4.69, 9.17) is 0 Å². The third-order valence-corrected chi connectivity index (χ3v) is 6.53. The molecule has 0 bridgehead atoms. The van der Waals surface area contributed by atoms with Crippen molar-refractivity contribution in [2.24, 2.45) is 0 Å². The van der Waals surface area contributed by atoms with E-state index in [1.165, 1.54) is 19.3 Å². The molecule has 0 heterocycles. The van der Waals surface area contributed by atoms with Crippen LogP contribution in [-0.2, 0) is 0 Å². The average Bonchev–Trinajstić information content (AvgIpc) is 2.17. The van der Waals surface area contributed by atoms with Gasteiger partial charge in [0.05, 0.1) is 0 Å². The fraction of sp³-hybridized carbons (Fsp3) is 0.765. The Kier molecular flexibility index (Phi) is 7.45. The normalized spacial score (nSPS) is 14.8. The molecule has 0 aliphatic heterocycles. The monoisotopic (exact) mass is 268 g/mol. The third-order valence-electron chi connectivity index (χ3n) is 2.90. The van der Waals surface area contributed by atoms with Crippen molar-refractivity contribution in [3.63, 3.8) is 0 Å². The number of hydrogen-bond donors (Lipinski definition) is 0. The Morgan fingerprint density at radius 2 is 1.50 bits per heavy atom. The van der Waals surface area contributed by atoms with E-state index in [0.717, 1.165) is 0 Å². The van der Waals surface area contributed by atoms with Crippen molar-refractivity contribution in [1.82, 2.24) is 0 Å². The van der Waals surface area contributed by atoms with Crippen LogP contribution in [0.5, 0.6) is 0 Å². The molecule has 0 radical (unpaired) electrons. The second kappa shape index (κ2) is 7.49. The number of rotatable bonds is 5. The molecule has 0 saturated heterocycles. The van der Waals surface area contributed by atoms with Crippen molar-refractivity contribution in [3.8, 4) is 0 Å². The van der Waals surface area contributed by atoms with Gasteiger partial charge in [-0.3, -0.25) is 0 Å². The summed E-state index contributed by atoms with van der Waals surface area (Å²) in [5, 5.41) is 2.45. The third kappa shape index (κ3) is 6.19. The summed E-state index contributed by atoms with van der Waals surface area (Å²) in [6.45, 7) is 18.8. The maximum atomic E-state index is 2.40. The van der Waals surface area contributed by atoms with Gasteiger partial charge in [0.25, 0.3) is 0 Å². The lowest BCUT2D eigenvalue weighted by molar-refractivity contribution is 0.703. The summed E-state index contributed by atoms with van der Waals surface area (Å²) in [6.07, 6.45) is 10.6. The molecule has 0 aliphatic rings. The van der Waals surface area contributed by atoms with Gasteiger partial charge >= 0.3 is 0 Å². The minimum Gasteiger partial charge on any atom is -0.0876 e. The molecule has 18 heavy (non-hydrogen) atoms. The minimum atomic E-state index is -0.120. The van der Waals surface area contributed by atoms with Gasteiger partial charge in [0.2, 0.25) is 0 Å². The first-order valence-corrected chi connectivity index (χ1v) is 8.61. The Balaban J connectivity index is 5.35. The lowest BCUT2D eigenvalue weighted by Crippen LogP contribution is -2.25. The van der Waals surface area contributed by atoms with Gasteiger partial charge in [-0.15, -0.1) is 0 Å². The van der Waals surface area contributed by atoms with Crippen molar-refractivity contribution < 1.29 is 0 Å². The van der Waals surface area contributed by atoms with Gasteiger partial charge in [-0.2, -0.15) is 0 Å².